The van der Waals surface area contributed by atoms with Crippen LogP contribution in [0.15, 0.2) is 0 Å². The second-order valence-electron chi connectivity index (χ2n) is 7.12. The van der Waals surface area contributed by atoms with Gasteiger partial charge in [-0.3, -0.25) is 4.79 Å². The summed E-state index contributed by atoms with van der Waals surface area (Å²) in [6.45, 7) is 11.3. The fourth-order valence-electron chi connectivity index (χ4n) is 2.04. The molecule has 0 bridgehead atoms. The lowest BCUT2D eigenvalue weighted by Crippen LogP contribution is -2.56. The van der Waals surface area contributed by atoms with Crippen molar-refractivity contribution >= 4 is 23.6 Å². The van der Waals surface area contributed by atoms with Gasteiger partial charge in [-0.05, 0) is 48.0 Å². The highest BCUT2D eigenvalue weighted by Crippen LogP contribution is 2.23. The van der Waals surface area contributed by atoms with Gasteiger partial charge in [-0.1, -0.05) is 0 Å². The zero-order valence-electron chi connectivity index (χ0n) is 13.1. The third-order valence-corrected chi connectivity index (χ3v) is 3.18. The molecule has 0 aromatic heterocycles. The number of ether oxygens (including phenoxy) is 1. The summed E-state index contributed by atoms with van der Waals surface area (Å²) in [5, 5.41) is 2.97. The largest absolute Gasteiger partial charge is 0.443 e. The van der Waals surface area contributed by atoms with Gasteiger partial charge in [0.25, 0.3) is 0 Å². The van der Waals surface area contributed by atoms with Crippen molar-refractivity contribution in [1.29, 1.82) is 0 Å². The minimum absolute atomic E-state index is 0.0793. The monoisotopic (exact) mass is 304 g/mol. The molecule has 0 saturated carbocycles. The molecule has 1 aliphatic rings. The molecule has 2 atom stereocenters. The Labute approximate surface area is 126 Å². The lowest BCUT2D eigenvalue weighted by atomic mass is 10.0. The highest BCUT2D eigenvalue weighted by Gasteiger charge is 2.41. The highest BCUT2D eigenvalue weighted by molar-refractivity contribution is 6.21. The van der Waals surface area contributed by atoms with Crippen LogP contribution in [-0.2, 0) is 9.53 Å². The van der Waals surface area contributed by atoms with E-state index in [2.05, 4.69) is 5.32 Å². The van der Waals surface area contributed by atoms with E-state index in [1.165, 1.54) is 4.90 Å². The number of nitrogens with one attached hydrogen (secondary N) is 1. The minimum atomic E-state index is -0.647. The maximum Gasteiger partial charge on any atom is 0.417 e. The number of imide groups is 1. The molecule has 0 aromatic carbocycles. The molecule has 2 amide bonds. The number of hydrogen-bond acceptors (Lipinski definition) is 4. The van der Waals surface area contributed by atoms with Crippen LogP contribution in [0.5, 0.6) is 0 Å². The van der Waals surface area contributed by atoms with Crippen molar-refractivity contribution in [3.05, 3.63) is 0 Å². The summed E-state index contributed by atoms with van der Waals surface area (Å²) in [7, 11) is 0. The summed E-state index contributed by atoms with van der Waals surface area (Å²) in [5.41, 5.74) is -1.29. The van der Waals surface area contributed by atoms with E-state index >= 15 is 0 Å². The average molecular weight is 305 g/mol. The molecule has 1 N–H and O–H groups in total. The molecule has 1 rings (SSSR count). The molecule has 5 nitrogen and oxygen atoms in total. The van der Waals surface area contributed by atoms with Crippen LogP contribution in [0.25, 0.3) is 0 Å². The SMILES string of the molecule is CC(C)(C)OC(=O)N(C(=O)[C@@H]1CC(Cl)CN1)C(C)(C)C. The predicted molar refractivity (Wildman–Crippen MR) is 78.9 cm³/mol. The maximum absolute atomic E-state index is 12.6. The van der Waals surface area contributed by atoms with Crippen molar-refractivity contribution in [3.63, 3.8) is 0 Å². The normalized spacial score (nSPS) is 23.6. The zero-order chi connectivity index (χ0) is 15.7. The summed E-state index contributed by atoms with van der Waals surface area (Å²) in [5.74, 6) is -0.282. The molecule has 1 aliphatic heterocycles. The number of rotatable bonds is 1. The van der Waals surface area contributed by atoms with Crippen molar-refractivity contribution in [3.8, 4) is 0 Å². The van der Waals surface area contributed by atoms with Crippen molar-refractivity contribution < 1.29 is 14.3 Å². The van der Waals surface area contributed by atoms with Gasteiger partial charge < -0.3 is 10.1 Å². The first-order valence-electron chi connectivity index (χ1n) is 6.86. The van der Waals surface area contributed by atoms with Gasteiger partial charge in [0, 0.05) is 17.5 Å². The fraction of sp³-hybridized carbons (Fsp3) is 0.857. The Kier molecular flexibility index (Phi) is 5.08. The van der Waals surface area contributed by atoms with Gasteiger partial charge in [-0.15, -0.1) is 11.6 Å². The third kappa shape index (κ3) is 4.63. The van der Waals surface area contributed by atoms with Gasteiger partial charge >= 0.3 is 6.09 Å². The molecule has 6 heteroatoms. The van der Waals surface area contributed by atoms with Crippen molar-refractivity contribution in [1.82, 2.24) is 10.2 Å². The van der Waals surface area contributed by atoms with Crippen molar-refractivity contribution in [2.45, 2.75) is 70.5 Å². The number of amides is 2. The molecule has 0 aliphatic carbocycles. The number of hydrogen-bond donors (Lipinski definition) is 1. The Hall–Kier alpha value is -0.810. The fourth-order valence-corrected chi connectivity index (χ4v) is 2.31. The van der Waals surface area contributed by atoms with Crippen LogP contribution in [0.1, 0.15) is 48.0 Å². The number of halogens is 1. The van der Waals surface area contributed by atoms with E-state index in [0.717, 1.165) is 0 Å². The Balaban J connectivity index is 2.90. The van der Waals surface area contributed by atoms with Gasteiger partial charge in [0.1, 0.15) is 5.60 Å². The Morgan fingerprint density at radius 1 is 1.20 bits per heavy atom. The van der Waals surface area contributed by atoms with Crippen LogP contribution in [-0.4, -0.2) is 46.0 Å². The molecule has 116 valence electrons. The molecule has 0 spiro atoms. The van der Waals surface area contributed by atoms with Crippen molar-refractivity contribution in [2.75, 3.05) is 6.54 Å². The Morgan fingerprint density at radius 3 is 2.10 bits per heavy atom. The summed E-state index contributed by atoms with van der Waals surface area (Å²) in [4.78, 5) is 26.1. The van der Waals surface area contributed by atoms with E-state index in [1.807, 2.05) is 20.8 Å². The first-order chi connectivity index (χ1) is 8.92. The van der Waals surface area contributed by atoms with Crippen LogP contribution >= 0.6 is 11.6 Å². The van der Waals surface area contributed by atoms with Gasteiger partial charge in [-0.2, -0.15) is 0 Å². The molecule has 0 aromatic rings. The second kappa shape index (κ2) is 5.90. The molecule has 1 saturated heterocycles. The minimum Gasteiger partial charge on any atom is -0.443 e. The van der Waals surface area contributed by atoms with E-state index in [0.29, 0.717) is 13.0 Å². The van der Waals surface area contributed by atoms with Crippen LogP contribution < -0.4 is 5.32 Å². The number of carbonyl (C=O) groups excluding carboxylic acids is 2. The standard InChI is InChI=1S/C14H25ClN2O3/c1-13(2,3)17(12(19)20-14(4,5)6)11(18)10-7-9(15)8-16-10/h9-10,16H,7-8H2,1-6H3/t9?,10-/m0/s1. The zero-order valence-corrected chi connectivity index (χ0v) is 13.9. The molecule has 1 heterocycles. The van der Waals surface area contributed by atoms with Gasteiger partial charge in [0.2, 0.25) is 5.91 Å². The van der Waals surface area contributed by atoms with E-state index < -0.39 is 23.3 Å². The molecular formula is C14H25ClN2O3. The smallest absolute Gasteiger partial charge is 0.417 e. The quantitative estimate of drug-likeness (QED) is 0.756. The van der Waals surface area contributed by atoms with E-state index in [4.69, 9.17) is 16.3 Å². The Morgan fingerprint density at radius 2 is 1.75 bits per heavy atom. The first-order valence-corrected chi connectivity index (χ1v) is 7.30. The summed E-state index contributed by atoms with van der Waals surface area (Å²) in [6.07, 6.45) is -0.0923. The third-order valence-electron chi connectivity index (χ3n) is 2.84. The summed E-state index contributed by atoms with van der Waals surface area (Å²) in [6, 6.07) is -0.427. The van der Waals surface area contributed by atoms with Crippen molar-refractivity contribution in [2.24, 2.45) is 0 Å². The van der Waals surface area contributed by atoms with Gasteiger partial charge in [0.15, 0.2) is 0 Å². The first kappa shape index (κ1) is 17.2. The van der Waals surface area contributed by atoms with E-state index in [9.17, 15) is 9.59 Å². The van der Waals surface area contributed by atoms with Crippen LogP contribution in [0.2, 0.25) is 0 Å². The summed E-state index contributed by atoms with van der Waals surface area (Å²) < 4.78 is 5.34. The predicted octanol–water partition coefficient (Wildman–Crippen LogP) is 2.52. The maximum atomic E-state index is 12.6. The van der Waals surface area contributed by atoms with Gasteiger partial charge in [-0.25, -0.2) is 9.69 Å². The molecule has 20 heavy (non-hydrogen) atoms. The number of carbonyl (C=O) groups is 2. The molecule has 1 unspecified atom stereocenters. The lowest BCUT2D eigenvalue weighted by molar-refractivity contribution is -0.136. The molecular weight excluding hydrogens is 280 g/mol. The second-order valence-corrected chi connectivity index (χ2v) is 7.74. The summed E-state index contributed by atoms with van der Waals surface area (Å²) >= 11 is 6.01. The van der Waals surface area contributed by atoms with Crippen LogP contribution in [0.4, 0.5) is 4.79 Å². The Bertz CT molecular complexity index is 385. The molecule has 1 fully saturated rings. The topological polar surface area (TPSA) is 58.6 Å². The number of alkyl halides is 1. The van der Waals surface area contributed by atoms with E-state index in [1.54, 1.807) is 20.8 Å². The molecule has 0 radical (unpaired) electrons. The van der Waals surface area contributed by atoms with E-state index in [-0.39, 0.29) is 11.3 Å². The van der Waals surface area contributed by atoms with Crippen LogP contribution in [0.3, 0.4) is 0 Å². The van der Waals surface area contributed by atoms with Crippen LogP contribution in [0, 0.1) is 0 Å². The van der Waals surface area contributed by atoms with Gasteiger partial charge in [0.05, 0.1) is 6.04 Å². The lowest BCUT2D eigenvalue weighted by Gasteiger charge is -2.36. The number of nitrogens with zero attached hydrogens (tertiary/aromatic N) is 1. The average Bonchev–Trinajstić information content (AvgIpc) is 2.59. The highest BCUT2D eigenvalue weighted by atomic mass is 35.5.